The van der Waals surface area contributed by atoms with E-state index in [9.17, 15) is 9.59 Å². The Kier molecular flexibility index (Phi) is 4.63. The van der Waals surface area contributed by atoms with Crippen LogP contribution in [0.3, 0.4) is 0 Å². The number of hydrogen-bond donors (Lipinski definition) is 0. The van der Waals surface area contributed by atoms with Gasteiger partial charge < -0.3 is 0 Å². The number of carbonyl (C=O) groups excluding carboxylic acids is 2. The number of hydrogen-bond acceptors (Lipinski definition) is 3. The van der Waals surface area contributed by atoms with E-state index >= 15 is 0 Å². The number of nitrogens with zero attached hydrogens (tertiary/aromatic N) is 1. The Hall–Kier alpha value is -1.45. The van der Waals surface area contributed by atoms with Gasteiger partial charge in [0.15, 0.2) is 5.78 Å². The Labute approximate surface area is 176 Å². The van der Waals surface area contributed by atoms with Gasteiger partial charge in [-0.1, -0.05) is 57.0 Å². The fraction of sp³-hybridized carbons (Fsp3) is 0.522. The van der Waals surface area contributed by atoms with Crippen molar-refractivity contribution in [2.75, 3.05) is 0 Å². The van der Waals surface area contributed by atoms with Crippen LogP contribution in [0.4, 0.5) is 0 Å². The van der Waals surface area contributed by atoms with E-state index in [1.54, 1.807) is 12.1 Å². The summed E-state index contributed by atoms with van der Waals surface area (Å²) in [5.41, 5.74) is 2.99. The van der Waals surface area contributed by atoms with Crippen molar-refractivity contribution in [3.8, 4) is 0 Å². The van der Waals surface area contributed by atoms with E-state index in [-0.39, 0.29) is 28.3 Å². The van der Waals surface area contributed by atoms with Gasteiger partial charge in [0.25, 0.3) is 0 Å². The Balaban J connectivity index is 1.94. The van der Waals surface area contributed by atoms with Gasteiger partial charge in [0, 0.05) is 45.8 Å². The average Bonchev–Trinajstić information content (AvgIpc) is 2.50. The van der Waals surface area contributed by atoms with Crippen LogP contribution in [0.1, 0.15) is 64.9 Å². The zero-order valence-electron chi connectivity index (χ0n) is 16.7. The minimum atomic E-state index is -0.407. The van der Waals surface area contributed by atoms with Crippen LogP contribution < -0.4 is 0 Å². The number of Topliss-reactive ketones (excluding diaryl/α,β-unsaturated/α-hetero) is 2. The highest BCUT2D eigenvalue weighted by Crippen LogP contribution is 2.52. The molecule has 0 amide bonds. The van der Waals surface area contributed by atoms with E-state index in [1.165, 1.54) is 0 Å². The third-order valence-corrected chi connectivity index (χ3v) is 6.70. The average molecular weight is 418 g/mol. The summed E-state index contributed by atoms with van der Waals surface area (Å²) in [7, 11) is 0. The molecule has 2 atom stereocenters. The zero-order valence-corrected chi connectivity index (χ0v) is 18.2. The minimum absolute atomic E-state index is 0.0858. The molecule has 148 valence electrons. The summed E-state index contributed by atoms with van der Waals surface area (Å²) >= 11 is 12.7. The molecule has 1 fully saturated rings. The van der Waals surface area contributed by atoms with Gasteiger partial charge in [-0.25, -0.2) is 0 Å². The van der Waals surface area contributed by atoms with Crippen LogP contribution in [0, 0.1) is 16.7 Å². The maximum absolute atomic E-state index is 13.2. The van der Waals surface area contributed by atoms with E-state index in [1.807, 2.05) is 6.07 Å². The number of halogens is 2. The zero-order chi connectivity index (χ0) is 20.4. The van der Waals surface area contributed by atoms with E-state index in [0.29, 0.717) is 28.5 Å². The van der Waals surface area contributed by atoms with Gasteiger partial charge in [0.1, 0.15) is 5.78 Å². The standard InChI is InChI=1S/C23H25Cl2NO2/c1-22(2)8-15-20(17(27)10-22)19(13-6-5-12(24)7-14(13)25)21-16(26-15)9-23(3,4)11-18(21)28/h5-7,19-20H,8-11H2,1-4H3. The molecule has 28 heavy (non-hydrogen) atoms. The van der Waals surface area contributed by atoms with Crippen molar-refractivity contribution in [1.29, 1.82) is 0 Å². The van der Waals surface area contributed by atoms with Crippen LogP contribution >= 0.6 is 23.2 Å². The molecule has 3 aliphatic rings. The molecule has 2 aliphatic carbocycles. The first-order valence-electron chi connectivity index (χ1n) is 9.79. The molecule has 0 radical (unpaired) electrons. The van der Waals surface area contributed by atoms with E-state index in [0.717, 1.165) is 29.8 Å². The van der Waals surface area contributed by atoms with Gasteiger partial charge in [0.2, 0.25) is 0 Å². The second-order valence-electron chi connectivity index (χ2n) is 10.0. The van der Waals surface area contributed by atoms with Crippen molar-refractivity contribution in [2.45, 2.75) is 59.3 Å². The lowest BCUT2D eigenvalue weighted by Gasteiger charge is -2.44. The number of aliphatic imine (C=N–C) groups is 1. The molecule has 3 nitrogen and oxygen atoms in total. The van der Waals surface area contributed by atoms with Gasteiger partial charge in [-0.15, -0.1) is 0 Å². The number of rotatable bonds is 1. The van der Waals surface area contributed by atoms with Crippen LogP contribution in [-0.2, 0) is 9.59 Å². The maximum Gasteiger partial charge on any atom is 0.161 e. The molecule has 5 heteroatoms. The first-order chi connectivity index (χ1) is 13.0. The Morgan fingerprint density at radius 3 is 2.29 bits per heavy atom. The van der Waals surface area contributed by atoms with Crippen LogP contribution in [-0.4, -0.2) is 17.3 Å². The molecule has 0 aromatic heterocycles. The third-order valence-electron chi connectivity index (χ3n) is 6.14. The van der Waals surface area contributed by atoms with Gasteiger partial charge in [-0.3, -0.25) is 14.6 Å². The van der Waals surface area contributed by atoms with Crippen molar-refractivity contribution in [2.24, 2.45) is 21.7 Å². The molecule has 1 aromatic carbocycles. The number of ketones is 2. The molecule has 0 saturated heterocycles. The summed E-state index contributed by atoms with van der Waals surface area (Å²) in [6.07, 6.45) is 2.45. The quantitative estimate of drug-likeness (QED) is 0.547. The molecule has 4 rings (SSSR count). The molecule has 1 aliphatic heterocycles. The van der Waals surface area contributed by atoms with E-state index in [2.05, 4.69) is 27.7 Å². The van der Waals surface area contributed by atoms with Crippen molar-refractivity contribution >= 4 is 40.5 Å². The van der Waals surface area contributed by atoms with Gasteiger partial charge >= 0.3 is 0 Å². The fourth-order valence-electron chi connectivity index (χ4n) is 5.10. The predicted molar refractivity (Wildman–Crippen MR) is 113 cm³/mol. The Bertz CT molecular complexity index is 955. The number of benzene rings is 1. The van der Waals surface area contributed by atoms with E-state index < -0.39 is 5.92 Å². The molecule has 1 heterocycles. The van der Waals surface area contributed by atoms with Gasteiger partial charge in [-0.05, 0) is 41.4 Å². The summed E-state index contributed by atoms with van der Waals surface area (Å²) < 4.78 is 0. The number of allylic oxidation sites excluding steroid dienone is 2. The van der Waals surface area contributed by atoms with Crippen LogP contribution in [0.2, 0.25) is 10.0 Å². The van der Waals surface area contributed by atoms with E-state index in [4.69, 9.17) is 28.2 Å². The lowest BCUT2D eigenvalue weighted by atomic mass is 9.60. The second kappa shape index (κ2) is 6.53. The topological polar surface area (TPSA) is 46.5 Å². The van der Waals surface area contributed by atoms with Crippen molar-refractivity contribution < 1.29 is 9.59 Å². The molecule has 0 N–H and O–H groups in total. The first-order valence-corrected chi connectivity index (χ1v) is 10.5. The summed E-state index contributed by atoms with van der Waals surface area (Å²) in [6, 6.07) is 5.34. The monoisotopic (exact) mass is 417 g/mol. The summed E-state index contributed by atoms with van der Waals surface area (Å²) in [5.74, 6) is -0.534. The van der Waals surface area contributed by atoms with Crippen LogP contribution in [0.5, 0.6) is 0 Å². The van der Waals surface area contributed by atoms with Crippen LogP contribution in [0.15, 0.2) is 34.5 Å². The summed E-state index contributed by atoms with van der Waals surface area (Å²) in [5, 5.41) is 1.04. The third kappa shape index (κ3) is 3.37. The molecule has 2 unspecified atom stereocenters. The van der Waals surface area contributed by atoms with Crippen molar-refractivity contribution in [3.63, 3.8) is 0 Å². The first kappa shape index (κ1) is 19.8. The van der Waals surface area contributed by atoms with Crippen molar-refractivity contribution in [1.82, 2.24) is 0 Å². The highest BCUT2D eigenvalue weighted by molar-refractivity contribution is 6.35. The number of carbonyl (C=O) groups is 2. The van der Waals surface area contributed by atoms with Crippen LogP contribution in [0.25, 0.3) is 0 Å². The summed E-state index contributed by atoms with van der Waals surface area (Å²) in [6.45, 7) is 8.41. The largest absolute Gasteiger partial charge is 0.299 e. The fourth-order valence-corrected chi connectivity index (χ4v) is 5.63. The Morgan fingerprint density at radius 2 is 1.61 bits per heavy atom. The lowest BCUT2D eigenvalue weighted by molar-refractivity contribution is -0.124. The smallest absolute Gasteiger partial charge is 0.161 e. The molecule has 0 bridgehead atoms. The Morgan fingerprint density at radius 1 is 0.929 bits per heavy atom. The minimum Gasteiger partial charge on any atom is -0.299 e. The highest BCUT2D eigenvalue weighted by Gasteiger charge is 2.50. The molecular formula is C23H25Cl2NO2. The normalized spacial score (nSPS) is 28.6. The van der Waals surface area contributed by atoms with Crippen molar-refractivity contribution in [3.05, 3.63) is 45.1 Å². The van der Waals surface area contributed by atoms with Gasteiger partial charge in [-0.2, -0.15) is 0 Å². The molecule has 0 spiro atoms. The molecular weight excluding hydrogens is 393 g/mol. The molecule has 1 saturated carbocycles. The highest BCUT2D eigenvalue weighted by atomic mass is 35.5. The molecule has 1 aromatic rings. The second-order valence-corrected chi connectivity index (χ2v) is 10.9. The summed E-state index contributed by atoms with van der Waals surface area (Å²) in [4.78, 5) is 31.4. The predicted octanol–water partition coefficient (Wildman–Crippen LogP) is 6.18. The SMILES string of the molecule is CC1(C)CC(=O)C2C(=NC3=C(C(=O)CC(C)(C)C3)C2c2ccc(Cl)cc2Cl)C1. The maximum atomic E-state index is 13.2. The lowest BCUT2D eigenvalue weighted by Crippen LogP contribution is -2.45. The van der Waals surface area contributed by atoms with Gasteiger partial charge in [0.05, 0.1) is 5.92 Å². The number of fused-ring (bicyclic) bond motifs is 1.